The highest BCUT2D eigenvalue weighted by atomic mass is 32.2. The van der Waals surface area contributed by atoms with Gasteiger partial charge in [-0.2, -0.15) is 5.10 Å². The summed E-state index contributed by atoms with van der Waals surface area (Å²) in [5, 5.41) is 5.25. The average molecular weight is 339 g/mol. The van der Waals surface area contributed by atoms with Crippen molar-refractivity contribution in [3.63, 3.8) is 0 Å². The maximum atomic E-state index is 4.64. The van der Waals surface area contributed by atoms with Crippen LogP contribution in [0.5, 0.6) is 0 Å². The van der Waals surface area contributed by atoms with E-state index < -0.39 is 0 Å². The Balaban J connectivity index is 1.69. The summed E-state index contributed by atoms with van der Waals surface area (Å²) >= 11 is 3.23. The van der Waals surface area contributed by atoms with Crippen LogP contribution in [0.25, 0.3) is 16.2 Å². The topological polar surface area (TPSA) is 56.5 Å². The van der Waals surface area contributed by atoms with Crippen molar-refractivity contribution in [2.75, 3.05) is 0 Å². The zero-order valence-electron chi connectivity index (χ0n) is 12.6. The van der Waals surface area contributed by atoms with E-state index in [2.05, 4.69) is 26.1 Å². The molecule has 5 nitrogen and oxygen atoms in total. The summed E-state index contributed by atoms with van der Waals surface area (Å²) in [5.41, 5.74) is 2.87. The van der Waals surface area contributed by atoms with Crippen molar-refractivity contribution in [2.45, 2.75) is 23.2 Å². The fourth-order valence-corrected chi connectivity index (χ4v) is 4.26. The fourth-order valence-electron chi connectivity index (χ4n) is 2.19. The van der Waals surface area contributed by atoms with Crippen molar-refractivity contribution in [3.05, 3.63) is 54.0 Å². The van der Waals surface area contributed by atoms with Crippen LogP contribution in [0.15, 0.2) is 52.0 Å². The standard InChI is InChI=1S/C16H13N5S2/c1-10-7-8-21(20-10)15-17-11(2)9-14(19-15)23-16-18-12-5-3-4-6-13(12)22-16/h3-9H,1-2H3. The first-order valence-electron chi connectivity index (χ1n) is 7.09. The Bertz CT molecular complexity index is 956. The van der Waals surface area contributed by atoms with E-state index in [1.807, 2.05) is 50.4 Å². The van der Waals surface area contributed by atoms with E-state index in [9.17, 15) is 0 Å². The van der Waals surface area contributed by atoms with Gasteiger partial charge in [-0.25, -0.2) is 19.6 Å². The van der Waals surface area contributed by atoms with E-state index >= 15 is 0 Å². The molecule has 0 saturated heterocycles. The van der Waals surface area contributed by atoms with Crippen molar-refractivity contribution < 1.29 is 0 Å². The van der Waals surface area contributed by atoms with E-state index in [-0.39, 0.29) is 0 Å². The van der Waals surface area contributed by atoms with E-state index in [4.69, 9.17) is 0 Å². The van der Waals surface area contributed by atoms with Gasteiger partial charge in [0.2, 0.25) is 0 Å². The molecule has 0 bridgehead atoms. The van der Waals surface area contributed by atoms with Crippen LogP contribution in [0, 0.1) is 13.8 Å². The normalized spacial score (nSPS) is 11.2. The third kappa shape index (κ3) is 2.97. The highest BCUT2D eigenvalue weighted by Crippen LogP contribution is 2.33. The number of rotatable bonds is 3. The van der Waals surface area contributed by atoms with Crippen LogP contribution in [-0.2, 0) is 0 Å². The molecule has 23 heavy (non-hydrogen) atoms. The first-order chi connectivity index (χ1) is 11.2. The van der Waals surface area contributed by atoms with Gasteiger partial charge in [-0.1, -0.05) is 12.1 Å². The third-order valence-electron chi connectivity index (χ3n) is 3.21. The number of hydrogen-bond acceptors (Lipinski definition) is 6. The lowest BCUT2D eigenvalue weighted by molar-refractivity contribution is 0.772. The second-order valence-corrected chi connectivity index (χ2v) is 7.40. The Hall–Kier alpha value is -2.25. The second kappa shape index (κ2) is 5.75. The van der Waals surface area contributed by atoms with Crippen LogP contribution in [0.1, 0.15) is 11.4 Å². The number of para-hydroxylation sites is 1. The van der Waals surface area contributed by atoms with Crippen LogP contribution in [0.3, 0.4) is 0 Å². The lowest BCUT2D eigenvalue weighted by Gasteiger charge is -2.04. The van der Waals surface area contributed by atoms with Gasteiger partial charge in [-0.05, 0) is 49.9 Å². The molecule has 0 saturated carbocycles. The summed E-state index contributed by atoms with van der Waals surface area (Å²) in [6, 6.07) is 12.0. The maximum absolute atomic E-state index is 4.64. The summed E-state index contributed by atoms with van der Waals surface area (Å²) in [5.74, 6) is 0.585. The minimum absolute atomic E-state index is 0.585. The zero-order valence-corrected chi connectivity index (χ0v) is 14.2. The van der Waals surface area contributed by atoms with Gasteiger partial charge in [-0.15, -0.1) is 11.3 Å². The fraction of sp³-hybridized carbons (Fsp3) is 0.125. The SMILES string of the molecule is Cc1cc(Sc2nc3ccccc3s2)nc(-n2ccc(C)n2)n1. The van der Waals surface area contributed by atoms with Gasteiger partial charge < -0.3 is 0 Å². The Morgan fingerprint density at radius 2 is 1.87 bits per heavy atom. The van der Waals surface area contributed by atoms with Crippen LogP contribution in [-0.4, -0.2) is 24.7 Å². The molecule has 0 radical (unpaired) electrons. The largest absolute Gasteiger partial charge is 0.251 e. The van der Waals surface area contributed by atoms with Gasteiger partial charge in [0, 0.05) is 11.9 Å². The molecule has 3 heterocycles. The molecular formula is C16H13N5S2. The second-order valence-electron chi connectivity index (χ2n) is 5.10. The number of aromatic nitrogens is 5. The number of benzene rings is 1. The van der Waals surface area contributed by atoms with Gasteiger partial charge >= 0.3 is 0 Å². The number of nitrogens with zero attached hydrogens (tertiary/aromatic N) is 5. The molecule has 0 unspecified atom stereocenters. The Kier molecular flexibility index (Phi) is 3.59. The summed E-state index contributed by atoms with van der Waals surface area (Å²) in [4.78, 5) is 13.7. The lowest BCUT2D eigenvalue weighted by Crippen LogP contribution is -2.04. The van der Waals surface area contributed by atoms with E-state index in [0.717, 1.165) is 26.3 Å². The molecule has 0 aliphatic heterocycles. The molecule has 7 heteroatoms. The molecule has 0 aliphatic rings. The molecule has 114 valence electrons. The van der Waals surface area contributed by atoms with Crippen molar-refractivity contribution >= 4 is 33.3 Å². The quantitative estimate of drug-likeness (QED) is 0.527. The number of thiazole rings is 1. The van der Waals surface area contributed by atoms with Crippen LogP contribution < -0.4 is 0 Å². The minimum atomic E-state index is 0.585. The summed E-state index contributed by atoms with van der Waals surface area (Å²) in [7, 11) is 0. The monoisotopic (exact) mass is 339 g/mol. The van der Waals surface area contributed by atoms with Crippen molar-refractivity contribution in [3.8, 4) is 5.95 Å². The molecule has 0 fully saturated rings. The molecule has 4 aromatic rings. The van der Waals surface area contributed by atoms with Crippen LogP contribution in [0.4, 0.5) is 0 Å². The van der Waals surface area contributed by atoms with Gasteiger partial charge in [0.1, 0.15) is 5.03 Å². The molecule has 0 aliphatic carbocycles. The first-order valence-corrected chi connectivity index (χ1v) is 8.72. The van der Waals surface area contributed by atoms with E-state index in [1.54, 1.807) is 27.8 Å². The van der Waals surface area contributed by atoms with Crippen LogP contribution in [0.2, 0.25) is 0 Å². The first kappa shape index (κ1) is 14.3. The smallest absolute Gasteiger partial charge is 0.229 e. The minimum Gasteiger partial charge on any atom is -0.229 e. The predicted octanol–water partition coefficient (Wildman–Crippen LogP) is 4.04. The predicted molar refractivity (Wildman–Crippen MR) is 92.4 cm³/mol. The molecule has 1 aromatic carbocycles. The molecule has 0 spiro atoms. The summed E-state index contributed by atoms with van der Waals surface area (Å²) in [6.45, 7) is 3.91. The zero-order chi connectivity index (χ0) is 15.8. The number of aryl methyl sites for hydroxylation is 2. The Morgan fingerprint density at radius 3 is 2.65 bits per heavy atom. The van der Waals surface area contributed by atoms with Gasteiger partial charge in [0.15, 0.2) is 4.34 Å². The van der Waals surface area contributed by atoms with Crippen LogP contribution >= 0.6 is 23.1 Å². The lowest BCUT2D eigenvalue weighted by atomic mass is 10.3. The van der Waals surface area contributed by atoms with E-state index in [0.29, 0.717) is 5.95 Å². The Labute approximate surface area is 141 Å². The third-order valence-corrected chi connectivity index (χ3v) is 5.23. The van der Waals surface area contributed by atoms with Crippen molar-refractivity contribution in [1.82, 2.24) is 24.7 Å². The summed E-state index contributed by atoms with van der Waals surface area (Å²) in [6.07, 6.45) is 1.87. The average Bonchev–Trinajstić information content (AvgIpc) is 3.12. The van der Waals surface area contributed by atoms with Gasteiger partial charge in [0.05, 0.1) is 15.9 Å². The van der Waals surface area contributed by atoms with Gasteiger partial charge in [0.25, 0.3) is 5.95 Å². The molecule has 0 atom stereocenters. The van der Waals surface area contributed by atoms with Crippen molar-refractivity contribution in [2.24, 2.45) is 0 Å². The molecule has 0 N–H and O–H groups in total. The molecular weight excluding hydrogens is 326 g/mol. The summed E-state index contributed by atoms with van der Waals surface area (Å²) < 4.78 is 3.86. The molecule has 3 aromatic heterocycles. The van der Waals surface area contributed by atoms with E-state index in [1.165, 1.54) is 4.70 Å². The highest BCUT2D eigenvalue weighted by Gasteiger charge is 2.10. The molecule has 0 amide bonds. The molecule has 4 rings (SSSR count). The number of fused-ring (bicyclic) bond motifs is 1. The van der Waals surface area contributed by atoms with Gasteiger partial charge in [-0.3, -0.25) is 0 Å². The number of hydrogen-bond donors (Lipinski definition) is 0. The Morgan fingerprint density at radius 1 is 1.00 bits per heavy atom. The highest BCUT2D eigenvalue weighted by molar-refractivity contribution is 8.01. The van der Waals surface area contributed by atoms with Crippen molar-refractivity contribution in [1.29, 1.82) is 0 Å². The maximum Gasteiger partial charge on any atom is 0.251 e.